The molecule has 3 nitrogen and oxygen atoms in total. The van der Waals surface area contributed by atoms with Gasteiger partial charge in [0.05, 0.1) is 21.4 Å². The van der Waals surface area contributed by atoms with Crippen molar-refractivity contribution in [3.63, 3.8) is 0 Å². The number of aryl methyl sites for hydroxylation is 1. The van der Waals surface area contributed by atoms with Gasteiger partial charge >= 0.3 is 0 Å². The van der Waals surface area contributed by atoms with Gasteiger partial charge in [-0.15, -0.1) is 0 Å². The Morgan fingerprint density at radius 1 is 1.09 bits per heavy atom. The molecule has 0 saturated carbocycles. The van der Waals surface area contributed by atoms with Crippen LogP contribution >= 0.6 is 23.2 Å². The lowest BCUT2D eigenvalue weighted by atomic mass is 10.0. The molecule has 1 atom stereocenters. The van der Waals surface area contributed by atoms with Gasteiger partial charge in [0.25, 0.3) is 0 Å². The molecule has 22 heavy (non-hydrogen) atoms. The lowest BCUT2D eigenvalue weighted by Crippen LogP contribution is -2.26. The van der Waals surface area contributed by atoms with E-state index in [4.69, 9.17) is 23.2 Å². The minimum atomic E-state index is -0.176. The average Bonchev–Trinajstić information content (AvgIpc) is 2.91. The molecule has 3 aromatic rings. The third-order valence-electron chi connectivity index (χ3n) is 3.87. The Kier molecular flexibility index (Phi) is 3.13. The molecule has 110 valence electrons. The van der Waals surface area contributed by atoms with Crippen LogP contribution in [0.3, 0.4) is 0 Å². The van der Waals surface area contributed by atoms with Gasteiger partial charge in [-0.05, 0) is 25.1 Å². The summed E-state index contributed by atoms with van der Waals surface area (Å²) >= 11 is 12.6. The minimum absolute atomic E-state index is 0.176. The van der Waals surface area contributed by atoms with Crippen LogP contribution in [0.25, 0.3) is 11.3 Å². The lowest BCUT2D eigenvalue weighted by molar-refractivity contribution is 0.571. The molecular formula is C17H13Cl2N3. The van der Waals surface area contributed by atoms with Crippen LogP contribution in [0.4, 0.5) is 5.69 Å². The van der Waals surface area contributed by atoms with Gasteiger partial charge in [-0.25, -0.2) is 4.68 Å². The highest BCUT2D eigenvalue weighted by Gasteiger charge is 2.27. The van der Waals surface area contributed by atoms with Crippen molar-refractivity contribution in [2.45, 2.75) is 13.1 Å². The fourth-order valence-corrected chi connectivity index (χ4v) is 3.31. The number of halogens is 2. The molecule has 0 bridgehead atoms. The van der Waals surface area contributed by atoms with E-state index < -0.39 is 0 Å². The van der Waals surface area contributed by atoms with E-state index in [-0.39, 0.29) is 6.17 Å². The summed E-state index contributed by atoms with van der Waals surface area (Å²) in [6, 6.07) is 16.0. The van der Waals surface area contributed by atoms with Gasteiger partial charge in [-0.1, -0.05) is 53.5 Å². The maximum absolute atomic E-state index is 6.41. The standard InChI is InChI=1S/C17H13Cl2N3/c1-10-9-15-11-5-2-3-8-14(11)20-17(22(15)21-10)12-6-4-7-13(18)16(12)19/h2-9,17,20H,1H3. The van der Waals surface area contributed by atoms with Crippen LogP contribution in [0, 0.1) is 6.92 Å². The Hall–Kier alpha value is -1.97. The number of rotatable bonds is 1. The van der Waals surface area contributed by atoms with Crippen molar-refractivity contribution in [2.24, 2.45) is 0 Å². The smallest absolute Gasteiger partial charge is 0.148 e. The quantitative estimate of drug-likeness (QED) is 0.670. The van der Waals surface area contributed by atoms with Crippen molar-refractivity contribution in [2.75, 3.05) is 5.32 Å². The number of fused-ring (bicyclic) bond motifs is 3. The Balaban J connectivity index is 1.94. The van der Waals surface area contributed by atoms with Crippen LogP contribution in [0.1, 0.15) is 17.4 Å². The van der Waals surface area contributed by atoms with Gasteiger partial charge < -0.3 is 5.32 Å². The zero-order valence-corrected chi connectivity index (χ0v) is 13.4. The van der Waals surface area contributed by atoms with Crippen LogP contribution in [0.5, 0.6) is 0 Å². The van der Waals surface area contributed by atoms with E-state index in [1.165, 1.54) is 0 Å². The highest BCUT2D eigenvalue weighted by molar-refractivity contribution is 6.42. The maximum atomic E-state index is 6.41. The molecule has 4 rings (SSSR count). The summed E-state index contributed by atoms with van der Waals surface area (Å²) in [5.74, 6) is 0. The van der Waals surface area contributed by atoms with Crippen molar-refractivity contribution in [1.82, 2.24) is 9.78 Å². The van der Waals surface area contributed by atoms with E-state index in [1.54, 1.807) is 6.07 Å². The van der Waals surface area contributed by atoms with E-state index >= 15 is 0 Å². The molecule has 0 fully saturated rings. The number of para-hydroxylation sites is 1. The summed E-state index contributed by atoms with van der Waals surface area (Å²) in [6.07, 6.45) is -0.176. The van der Waals surface area contributed by atoms with E-state index in [2.05, 4.69) is 28.6 Å². The zero-order chi connectivity index (χ0) is 15.3. The van der Waals surface area contributed by atoms with E-state index in [1.807, 2.05) is 35.9 Å². The van der Waals surface area contributed by atoms with Crippen molar-refractivity contribution in [3.8, 4) is 11.3 Å². The number of benzene rings is 2. The molecule has 2 heterocycles. The van der Waals surface area contributed by atoms with Crippen LogP contribution in [0.2, 0.25) is 10.0 Å². The molecule has 1 unspecified atom stereocenters. The Morgan fingerprint density at radius 3 is 2.77 bits per heavy atom. The Morgan fingerprint density at radius 2 is 1.91 bits per heavy atom. The predicted molar refractivity (Wildman–Crippen MR) is 90.6 cm³/mol. The first-order valence-electron chi connectivity index (χ1n) is 7.01. The van der Waals surface area contributed by atoms with Crippen molar-refractivity contribution in [1.29, 1.82) is 0 Å². The number of nitrogens with zero attached hydrogens (tertiary/aromatic N) is 2. The molecule has 2 aromatic carbocycles. The molecule has 1 N–H and O–H groups in total. The first-order chi connectivity index (χ1) is 10.6. The molecule has 0 aliphatic carbocycles. The number of hydrogen-bond donors (Lipinski definition) is 1. The summed E-state index contributed by atoms with van der Waals surface area (Å²) in [7, 11) is 0. The summed E-state index contributed by atoms with van der Waals surface area (Å²) < 4.78 is 1.97. The first-order valence-corrected chi connectivity index (χ1v) is 7.77. The molecule has 0 spiro atoms. The number of anilines is 1. The number of aromatic nitrogens is 2. The summed E-state index contributed by atoms with van der Waals surface area (Å²) in [5.41, 5.74) is 5.16. The molecule has 0 amide bonds. The van der Waals surface area contributed by atoms with Gasteiger partial charge in [0, 0.05) is 16.8 Å². The van der Waals surface area contributed by atoms with Gasteiger partial charge in [-0.3, -0.25) is 0 Å². The van der Waals surface area contributed by atoms with Crippen LogP contribution < -0.4 is 5.32 Å². The van der Waals surface area contributed by atoms with Crippen LogP contribution in [-0.2, 0) is 0 Å². The first kappa shape index (κ1) is 13.7. The molecular weight excluding hydrogens is 317 g/mol. The minimum Gasteiger partial charge on any atom is -0.359 e. The lowest BCUT2D eigenvalue weighted by Gasteiger charge is -2.29. The Labute approximate surface area is 138 Å². The molecule has 5 heteroatoms. The van der Waals surface area contributed by atoms with Gasteiger partial charge in [0.2, 0.25) is 0 Å². The molecule has 1 aliphatic rings. The maximum Gasteiger partial charge on any atom is 0.148 e. The predicted octanol–water partition coefficient (Wildman–Crippen LogP) is 5.14. The molecule has 1 aliphatic heterocycles. The summed E-state index contributed by atoms with van der Waals surface area (Å²) in [6.45, 7) is 1.99. The number of nitrogens with one attached hydrogen (secondary N) is 1. The SMILES string of the molecule is Cc1cc2n(n1)C(c1cccc(Cl)c1Cl)Nc1ccccc1-2. The highest BCUT2D eigenvalue weighted by Crippen LogP contribution is 2.41. The summed E-state index contributed by atoms with van der Waals surface area (Å²) in [4.78, 5) is 0. The molecule has 0 saturated heterocycles. The van der Waals surface area contributed by atoms with E-state index in [0.717, 1.165) is 28.2 Å². The average molecular weight is 330 g/mol. The Bertz CT molecular complexity index is 870. The highest BCUT2D eigenvalue weighted by atomic mass is 35.5. The fraction of sp³-hybridized carbons (Fsp3) is 0.118. The topological polar surface area (TPSA) is 29.9 Å². The van der Waals surface area contributed by atoms with Crippen molar-refractivity contribution >= 4 is 28.9 Å². The van der Waals surface area contributed by atoms with E-state index in [0.29, 0.717) is 10.0 Å². The van der Waals surface area contributed by atoms with Gasteiger partial charge in [-0.2, -0.15) is 5.10 Å². The largest absolute Gasteiger partial charge is 0.359 e. The zero-order valence-electron chi connectivity index (χ0n) is 11.8. The van der Waals surface area contributed by atoms with E-state index in [9.17, 15) is 0 Å². The van der Waals surface area contributed by atoms with Crippen molar-refractivity contribution in [3.05, 3.63) is 69.8 Å². The van der Waals surface area contributed by atoms with Crippen LogP contribution in [-0.4, -0.2) is 9.78 Å². The van der Waals surface area contributed by atoms with Gasteiger partial charge in [0.15, 0.2) is 0 Å². The summed E-state index contributed by atoms with van der Waals surface area (Å²) in [5, 5.41) is 9.24. The fourth-order valence-electron chi connectivity index (χ4n) is 2.90. The second-order valence-electron chi connectivity index (χ2n) is 5.35. The second-order valence-corrected chi connectivity index (χ2v) is 6.14. The molecule has 0 radical (unpaired) electrons. The van der Waals surface area contributed by atoms with Gasteiger partial charge in [0.1, 0.15) is 6.17 Å². The van der Waals surface area contributed by atoms with Crippen molar-refractivity contribution < 1.29 is 0 Å². The number of hydrogen-bond acceptors (Lipinski definition) is 2. The third kappa shape index (κ3) is 2.01. The second kappa shape index (κ2) is 5.04. The third-order valence-corrected chi connectivity index (χ3v) is 4.71. The monoisotopic (exact) mass is 329 g/mol. The molecule has 1 aromatic heterocycles. The normalized spacial score (nSPS) is 15.9. The van der Waals surface area contributed by atoms with Crippen LogP contribution in [0.15, 0.2) is 48.5 Å².